The first-order valence-corrected chi connectivity index (χ1v) is 8.50. The average Bonchev–Trinajstić information content (AvgIpc) is 2.63. The monoisotopic (exact) mass is 388 g/mol. The van der Waals surface area contributed by atoms with Crippen LogP contribution < -0.4 is 10.4 Å². The molecule has 140 valence electrons. The number of benzene rings is 2. The van der Waals surface area contributed by atoms with Crippen molar-refractivity contribution in [2.45, 2.75) is 20.0 Å². The van der Waals surface area contributed by atoms with Crippen LogP contribution in [0.4, 0.5) is 0 Å². The van der Waals surface area contributed by atoms with E-state index in [2.05, 4.69) is 0 Å². The van der Waals surface area contributed by atoms with Crippen LogP contribution in [0.25, 0.3) is 11.0 Å². The highest BCUT2D eigenvalue weighted by atomic mass is 35.5. The van der Waals surface area contributed by atoms with E-state index in [1.807, 2.05) is 0 Å². The van der Waals surface area contributed by atoms with Gasteiger partial charge in [-0.25, -0.2) is 4.79 Å². The molecule has 0 fully saturated rings. The summed E-state index contributed by atoms with van der Waals surface area (Å²) in [5.74, 6) is 0.0635. The van der Waals surface area contributed by atoms with Crippen molar-refractivity contribution in [1.29, 1.82) is 0 Å². The summed E-state index contributed by atoms with van der Waals surface area (Å²) in [5.41, 5.74) is 1.23. The number of aryl methyl sites for hydroxylation is 1. The van der Waals surface area contributed by atoms with Gasteiger partial charge >= 0.3 is 11.6 Å². The van der Waals surface area contributed by atoms with Gasteiger partial charge in [0.15, 0.2) is 0 Å². The predicted molar refractivity (Wildman–Crippen MR) is 100 cm³/mol. The molecule has 7 heteroatoms. The standard InChI is InChI=1S/C20H17ClO6/c1-11-16(22)5-4-15-13(9-19(24)27-20(11)15)10-26-18(23)8-12-7-14(21)3-6-17(12)25-2/h3-7,9,22H,8,10H2,1-2H3. The zero-order valence-electron chi connectivity index (χ0n) is 14.7. The van der Waals surface area contributed by atoms with Gasteiger partial charge in [0.1, 0.15) is 23.7 Å². The Hall–Kier alpha value is -2.99. The van der Waals surface area contributed by atoms with Gasteiger partial charge < -0.3 is 19.0 Å². The number of hydrogen-bond donors (Lipinski definition) is 1. The molecule has 0 radical (unpaired) electrons. The number of carbonyl (C=O) groups is 1. The van der Waals surface area contributed by atoms with Crippen molar-refractivity contribution in [3.63, 3.8) is 0 Å². The van der Waals surface area contributed by atoms with Gasteiger partial charge in [0.05, 0.1) is 13.5 Å². The summed E-state index contributed by atoms with van der Waals surface area (Å²) in [4.78, 5) is 24.0. The number of fused-ring (bicyclic) bond motifs is 1. The van der Waals surface area contributed by atoms with E-state index < -0.39 is 11.6 Å². The molecule has 6 nitrogen and oxygen atoms in total. The summed E-state index contributed by atoms with van der Waals surface area (Å²) in [5, 5.41) is 10.9. The fourth-order valence-corrected chi connectivity index (χ4v) is 2.98. The number of phenols is 1. The molecule has 0 spiro atoms. The molecule has 1 heterocycles. The summed E-state index contributed by atoms with van der Waals surface area (Å²) in [6.07, 6.45) is -0.0249. The van der Waals surface area contributed by atoms with E-state index in [1.165, 1.54) is 19.2 Å². The van der Waals surface area contributed by atoms with Crippen molar-refractivity contribution in [2.24, 2.45) is 0 Å². The highest BCUT2D eigenvalue weighted by Crippen LogP contribution is 2.28. The molecule has 27 heavy (non-hydrogen) atoms. The van der Waals surface area contributed by atoms with Crippen LogP contribution in [-0.2, 0) is 22.6 Å². The maximum Gasteiger partial charge on any atom is 0.336 e. The molecule has 2 aromatic carbocycles. The van der Waals surface area contributed by atoms with Gasteiger partial charge in [0.25, 0.3) is 0 Å². The van der Waals surface area contributed by atoms with E-state index in [9.17, 15) is 14.7 Å². The Morgan fingerprint density at radius 2 is 1.96 bits per heavy atom. The molecule has 0 bridgehead atoms. The fourth-order valence-electron chi connectivity index (χ4n) is 2.79. The van der Waals surface area contributed by atoms with Crippen LogP contribution in [0, 0.1) is 6.92 Å². The summed E-state index contributed by atoms with van der Waals surface area (Å²) >= 11 is 5.97. The minimum Gasteiger partial charge on any atom is -0.508 e. The largest absolute Gasteiger partial charge is 0.508 e. The van der Waals surface area contributed by atoms with Crippen molar-refractivity contribution < 1.29 is 23.8 Å². The number of carbonyl (C=O) groups excluding carboxylic acids is 1. The van der Waals surface area contributed by atoms with Crippen molar-refractivity contribution in [2.75, 3.05) is 7.11 Å². The molecular formula is C20H17ClO6. The smallest absolute Gasteiger partial charge is 0.336 e. The summed E-state index contributed by atoms with van der Waals surface area (Å²) in [7, 11) is 1.51. The molecule has 1 aromatic heterocycles. The van der Waals surface area contributed by atoms with Gasteiger partial charge in [-0.15, -0.1) is 0 Å². The second kappa shape index (κ2) is 7.72. The van der Waals surface area contributed by atoms with Gasteiger partial charge in [0.2, 0.25) is 0 Å². The normalized spacial score (nSPS) is 10.8. The molecule has 0 amide bonds. The van der Waals surface area contributed by atoms with Crippen LogP contribution in [0.3, 0.4) is 0 Å². The van der Waals surface area contributed by atoms with Crippen molar-refractivity contribution in [3.8, 4) is 11.5 Å². The third kappa shape index (κ3) is 4.06. The quantitative estimate of drug-likeness (QED) is 0.529. The number of aromatic hydroxyl groups is 1. The van der Waals surface area contributed by atoms with Crippen molar-refractivity contribution in [1.82, 2.24) is 0 Å². The molecule has 0 aliphatic carbocycles. The number of rotatable bonds is 5. The molecule has 3 rings (SSSR count). The highest BCUT2D eigenvalue weighted by Gasteiger charge is 2.14. The van der Waals surface area contributed by atoms with Crippen LogP contribution in [-0.4, -0.2) is 18.2 Å². The van der Waals surface area contributed by atoms with Gasteiger partial charge in [-0.05, 0) is 37.3 Å². The summed E-state index contributed by atoms with van der Waals surface area (Å²) < 4.78 is 15.7. The SMILES string of the molecule is COc1ccc(Cl)cc1CC(=O)OCc1cc(=O)oc2c(C)c(O)ccc12. The molecular weight excluding hydrogens is 372 g/mol. The van der Waals surface area contributed by atoms with Crippen LogP contribution >= 0.6 is 11.6 Å². The molecule has 0 saturated heterocycles. The second-order valence-corrected chi connectivity index (χ2v) is 6.41. The average molecular weight is 389 g/mol. The number of halogens is 1. The van der Waals surface area contributed by atoms with Crippen molar-refractivity contribution in [3.05, 3.63) is 68.5 Å². The molecule has 0 atom stereocenters. The van der Waals surface area contributed by atoms with E-state index in [0.29, 0.717) is 32.8 Å². The third-order valence-electron chi connectivity index (χ3n) is 4.18. The Balaban J connectivity index is 1.81. The maximum absolute atomic E-state index is 12.2. The lowest BCUT2D eigenvalue weighted by Crippen LogP contribution is -2.10. The van der Waals surface area contributed by atoms with Crippen LogP contribution in [0.5, 0.6) is 11.5 Å². The Morgan fingerprint density at radius 3 is 2.70 bits per heavy atom. The van der Waals surface area contributed by atoms with Crippen LogP contribution in [0.1, 0.15) is 16.7 Å². The lowest BCUT2D eigenvalue weighted by Gasteiger charge is -2.11. The Morgan fingerprint density at radius 1 is 1.19 bits per heavy atom. The zero-order valence-corrected chi connectivity index (χ0v) is 15.5. The van der Waals surface area contributed by atoms with Crippen LogP contribution in [0.15, 0.2) is 45.6 Å². The van der Waals surface area contributed by atoms with Crippen molar-refractivity contribution >= 4 is 28.5 Å². The Bertz CT molecular complexity index is 1070. The van der Waals surface area contributed by atoms with Gasteiger partial charge in [-0.3, -0.25) is 4.79 Å². The molecule has 0 saturated carbocycles. The number of hydrogen-bond acceptors (Lipinski definition) is 6. The van der Waals surface area contributed by atoms with Crippen LogP contribution in [0.2, 0.25) is 5.02 Å². The number of ether oxygens (including phenoxy) is 2. The van der Waals surface area contributed by atoms with E-state index in [-0.39, 0.29) is 24.4 Å². The molecule has 1 N–H and O–H groups in total. The maximum atomic E-state index is 12.2. The number of methoxy groups -OCH3 is 1. The first kappa shape index (κ1) is 18.8. The minimum atomic E-state index is -0.584. The van der Waals surface area contributed by atoms with E-state index >= 15 is 0 Å². The third-order valence-corrected chi connectivity index (χ3v) is 4.42. The Labute approximate surface area is 159 Å². The Kier molecular flexibility index (Phi) is 5.37. The first-order valence-electron chi connectivity index (χ1n) is 8.12. The van der Waals surface area contributed by atoms with Gasteiger partial charge in [0, 0.05) is 33.2 Å². The minimum absolute atomic E-state index is 0.0212. The topological polar surface area (TPSA) is 86.0 Å². The molecule has 3 aromatic rings. The number of phenolic OH excluding ortho intramolecular Hbond substituents is 1. The molecule has 0 unspecified atom stereocenters. The summed E-state index contributed by atoms with van der Waals surface area (Å²) in [6.45, 7) is 1.54. The highest BCUT2D eigenvalue weighted by molar-refractivity contribution is 6.30. The summed E-state index contributed by atoms with van der Waals surface area (Å²) in [6, 6.07) is 9.37. The predicted octanol–water partition coefficient (Wildman–Crippen LogP) is 3.75. The molecule has 0 aliphatic rings. The van der Waals surface area contributed by atoms with E-state index in [0.717, 1.165) is 0 Å². The number of esters is 1. The lowest BCUT2D eigenvalue weighted by atomic mass is 10.1. The van der Waals surface area contributed by atoms with E-state index in [4.69, 9.17) is 25.5 Å². The fraction of sp³-hybridized carbons (Fsp3) is 0.200. The first-order chi connectivity index (χ1) is 12.9. The van der Waals surface area contributed by atoms with Gasteiger partial charge in [-0.2, -0.15) is 0 Å². The molecule has 0 aliphatic heterocycles. The zero-order chi connectivity index (χ0) is 19.6. The van der Waals surface area contributed by atoms with E-state index in [1.54, 1.807) is 31.2 Å². The van der Waals surface area contributed by atoms with Gasteiger partial charge in [-0.1, -0.05) is 11.6 Å². The second-order valence-electron chi connectivity index (χ2n) is 5.97. The lowest BCUT2D eigenvalue weighted by molar-refractivity contribution is -0.144.